The molecule has 112 valence electrons. The molecule has 0 aromatic heterocycles. The van der Waals surface area contributed by atoms with Gasteiger partial charge in [-0.3, -0.25) is 9.59 Å². The lowest BCUT2D eigenvalue weighted by Crippen LogP contribution is -2.54. The van der Waals surface area contributed by atoms with Crippen molar-refractivity contribution in [3.8, 4) is 0 Å². The number of carbonyl (C=O) groups excluding carboxylic acids is 1. The van der Waals surface area contributed by atoms with Gasteiger partial charge >= 0.3 is 5.97 Å². The smallest absolute Gasteiger partial charge is 0.312 e. The molecule has 2 atom stereocenters. The summed E-state index contributed by atoms with van der Waals surface area (Å²) in [5.41, 5.74) is 1.71. The molecule has 1 amide bonds. The Hall–Kier alpha value is -1.92. The van der Waals surface area contributed by atoms with E-state index in [1.807, 2.05) is 24.3 Å². The summed E-state index contributed by atoms with van der Waals surface area (Å²) in [6.07, 6.45) is 0. The number of nitrogens with one attached hydrogen (secondary N) is 1. The summed E-state index contributed by atoms with van der Waals surface area (Å²) in [7, 11) is 0. The van der Waals surface area contributed by atoms with Crippen LogP contribution in [-0.4, -0.2) is 54.2 Å². The van der Waals surface area contributed by atoms with Crippen molar-refractivity contribution in [2.24, 2.45) is 0 Å². The Morgan fingerprint density at radius 1 is 1.33 bits per heavy atom. The minimum Gasteiger partial charge on any atom is -0.481 e. The highest BCUT2D eigenvalue weighted by Gasteiger charge is 2.35. The summed E-state index contributed by atoms with van der Waals surface area (Å²) >= 11 is 0. The van der Waals surface area contributed by atoms with Crippen molar-refractivity contribution in [3.05, 3.63) is 35.4 Å². The van der Waals surface area contributed by atoms with Gasteiger partial charge in [0.15, 0.2) is 0 Å². The van der Waals surface area contributed by atoms with Crippen molar-refractivity contribution in [2.45, 2.75) is 18.5 Å². The average molecular weight is 290 g/mol. The van der Waals surface area contributed by atoms with Gasteiger partial charge < -0.3 is 20.1 Å². The van der Waals surface area contributed by atoms with Crippen LogP contribution in [0.1, 0.15) is 17.0 Å². The van der Waals surface area contributed by atoms with Gasteiger partial charge in [-0.25, -0.2) is 0 Å². The standard InChI is InChI=1S/C15H18N2O4/c18-14(13-9-21-6-5-16-13)17-7-10-3-1-2-4-11(10)12(8-17)15(19)20/h1-4,12-13,16H,5-9H2,(H,19,20). The van der Waals surface area contributed by atoms with E-state index in [4.69, 9.17) is 4.74 Å². The van der Waals surface area contributed by atoms with Crippen LogP contribution >= 0.6 is 0 Å². The zero-order valence-corrected chi connectivity index (χ0v) is 11.6. The quantitative estimate of drug-likeness (QED) is 0.812. The summed E-state index contributed by atoms with van der Waals surface area (Å²) in [4.78, 5) is 25.6. The first-order valence-electron chi connectivity index (χ1n) is 7.07. The number of rotatable bonds is 2. The first kappa shape index (κ1) is 14.0. The lowest BCUT2D eigenvalue weighted by atomic mass is 9.89. The van der Waals surface area contributed by atoms with E-state index in [1.165, 1.54) is 0 Å². The molecule has 1 fully saturated rings. The molecule has 0 bridgehead atoms. The second-order valence-electron chi connectivity index (χ2n) is 5.39. The lowest BCUT2D eigenvalue weighted by molar-refractivity contribution is -0.143. The summed E-state index contributed by atoms with van der Waals surface area (Å²) < 4.78 is 5.31. The number of hydrogen-bond donors (Lipinski definition) is 2. The number of morpholine rings is 1. The number of carboxylic acids is 1. The second kappa shape index (κ2) is 5.83. The van der Waals surface area contributed by atoms with Crippen LogP contribution in [0.15, 0.2) is 24.3 Å². The summed E-state index contributed by atoms with van der Waals surface area (Å²) in [6, 6.07) is 7.04. The van der Waals surface area contributed by atoms with Gasteiger partial charge in [-0.2, -0.15) is 0 Å². The summed E-state index contributed by atoms with van der Waals surface area (Å²) in [5.74, 6) is -1.65. The van der Waals surface area contributed by atoms with Crippen LogP contribution in [0.5, 0.6) is 0 Å². The van der Waals surface area contributed by atoms with Crippen LogP contribution in [0, 0.1) is 0 Å². The molecule has 1 aromatic carbocycles. The van der Waals surface area contributed by atoms with E-state index in [0.717, 1.165) is 11.1 Å². The van der Waals surface area contributed by atoms with Crippen LogP contribution in [0.25, 0.3) is 0 Å². The molecule has 0 spiro atoms. The third-order valence-electron chi connectivity index (χ3n) is 4.02. The van der Waals surface area contributed by atoms with Crippen LogP contribution < -0.4 is 5.32 Å². The highest BCUT2D eigenvalue weighted by molar-refractivity contribution is 5.85. The number of ether oxygens (including phenoxy) is 1. The molecule has 6 heteroatoms. The molecule has 0 radical (unpaired) electrons. The number of benzene rings is 1. The van der Waals surface area contributed by atoms with Gasteiger partial charge in [-0.1, -0.05) is 24.3 Å². The predicted molar refractivity (Wildman–Crippen MR) is 74.8 cm³/mol. The Labute approximate surface area is 122 Å². The van der Waals surface area contributed by atoms with Crippen molar-refractivity contribution >= 4 is 11.9 Å². The van der Waals surface area contributed by atoms with Crippen molar-refractivity contribution in [3.63, 3.8) is 0 Å². The Bertz CT molecular complexity index is 554. The molecule has 1 saturated heterocycles. The minimum atomic E-state index is -0.896. The number of hydrogen-bond acceptors (Lipinski definition) is 4. The third kappa shape index (κ3) is 2.77. The van der Waals surface area contributed by atoms with Gasteiger partial charge in [0.1, 0.15) is 6.04 Å². The topological polar surface area (TPSA) is 78.9 Å². The zero-order chi connectivity index (χ0) is 14.8. The molecule has 0 aliphatic carbocycles. The fourth-order valence-corrected chi connectivity index (χ4v) is 2.93. The Balaban J connectivity index is 1.82. The Kier molecular flexibility index (Phi) is 3.90. The number of carbonyl (C=O) groups is 2. The lowest BCUT2D eigenvalue weighted by Gasteiger charge is -2.36. The monoisotopic (exact) mass is 290 g/mol. The number of amides is 1. The SMILES string of the molecule is O=C(O)C1CN(C(=O)C2COCCN2)Cc2ccccc21. The number of fused-ring (bicyclic) bond motifs is 1. The second-order valence-corrected chi connectivity index (χ2v) is 5.39. The number of nitrogens with zero attached hydrogens (tertiary/aromatic N) is 1. The average Bonchev–Trinajstić information content (AvgIpc) is 2.53. The van der Waals surface area contributed by atoms with E-state index >= 15 is 0 Å². The van der Waals surface area contributed by atoms with E-state index in [9.17, 15) is 14.7 Å². The predicted octanol–water partition coefficient (Wildman–Crippen LogP) is 0.185. The molecule has 21 heavy (non-hydrogen) atoms. The zero-order valence-electron chi connectivity index (χ0n) is 11.6. The van der Waals surface area contributed by atoms with Crippen molar-refractivity contribution in [2.75, 3.05) is 26.3 Å². The molecular formula is C15H18N2O4. The largest absolute Gasteiger partial charge is 0.481 e. The Morgan fingerprint density at radius 3 is 2.86 bits per heavy atom. The van der Waals surface area contributed by atoms with Crippen LogP contribution in [0.4, 0.5) is 0 Å². The van der Waals surface area contributed by atoms with E-state index in [2.05, 4.69) is 5.32 Å². The first-order chi connectivity index (χ1) is 10.2. The first-order valence-corrected chi connectivity index (χ1v) is 7.07. The van der Waals surface area contributed by atoms with Gasteiger partial charge in [0.05, 0.1) is 19.1 Å². The fraction of sp³-hybridized carbons (Fsp3) is 0.467. The van der Waals surface area contributed by atoms with Gasteiger partial charge in [0, 0.05) is 19.6 Å². The summed E-state index contributed by atoms with van der Waals surface area (Å²) in [6.45, 7) is 2.25. The highest BCUT2D eigenvalue weighted by atomic mass is 16.5. The molecule has 2 heterocycles. The van der Waals surface area contributed by atoms with Crippen LogP contribution in [-0.2, 0) is 20.9 Å². The van der Waals surface area contributed by atoms with Crippen LogP contribution in [0.3, 0.4) is 0 Å². The minimum absolute atomic E-state index is 0.0875. The molecule has 2 unspecified atom stereocenters. The highest BCUT2D eigenvalue weighted by Crippen LogP contribution is 2.28. The summed E-state index contributed by atoms with van der Waals surface area (Å²) in [5, 5.41) is 12.5. The van der Waals surface area contributed by atoms with Gasteiger partial charge in [-0.15, -0.1) is 0 Å². The molecule has 0 saturated carbocycles. The molecule has 6 nitrogen and oxygen atoms in total. The number of carboxylic acid groups (broad SMARTS) is 1. The van der Waals surface area contributed by atoms with Crippen LogP contribution in [0.2, 0.25) is 0 Å². The normalized spacial score (nSPS) is 25.2. The Morgan fingerprint density at radius 2 is 2.14 bits per heavy atom. The fourth-order valence-electron chi connectivity index (χ4n) is 2.93. The van der Waals surface area contributed by atoms with Crippen molar-refractivity contribution < 1.29 is 19.4 Å². The molecule has 2 aliphatic heterocycles. The molecule has 1 aromatic rings. The number of aliphatic carboxylic acids is 1. The third-order valence-corrected chi connectivity index (χ3v) is 4.02. The van der Waals surface area contributed by atoms with Crippen molar-refractivity contribution in [1.29, 1.82) is 0 Å². The van der Waals surface area contributed by atoms with E-state index in [1.54, 1.807) is 4.90 Å². The van der Waals surface area contributed by atoms with Gasteiger partial charge in [0.2, 0.25) is 5.91 Å². The van der Waals surface area contributed by atoms with E-state index in [0.29, 0.717) is 26.3 Å². The molecule has 3 rings (SSSR count). The van der Waals surface area contributed by atoms with E-state index < -0.39 is 11.9 Å². The van der Waals surface area contributed by atoms with Gasteiger partial charge in [0.25, 0.3) is 0 Å². The molecule has 2 N–H and O–H groups in total. The maximum absolute atomic E-state index is 12.5. The maximum Gasteiger partial charge on any atom is 0.312 e. The van der Waals surface area contributed by atoms with Gasteiger partial charge in [-0.05, 0) is 11.1 Å². The maximum atomic E-state index is 12.5. The van der Waals surface area contributed by atoms with E-state index in [-0.39, 0.29) is 18.5 Å². The molecular weight excluding hydrogens is 272 g/mol. The molecule has 2 aliphatic rings. The van der Waals surface area contributed by atoms with Crippen molar-refractivity contribution in [1.82, 2.24) is 10.2 Å².